The van der Waals surface area contributed by atoms with Crippen molar-refractivity contribution in [2.24, 2.45) is 0 Å². The summed E-state index contributed by atoms with van der Waals surface area (Å²) >= 11 is 0. The zero-order valence-corrected chi connectivity index (χ0v) is 13.6. The second-order valence-electron chi connectivity index (χ2n) is 5.32. The first-order chi connectivity index (χ1) is 9.52. The summed E-state index contributed by atoms with van der Waals surface area (Å²) in [5.41, 5.74) is -0.166. The van der Waals surface area contributed by atoms with Crippen molar-refractivity contribution >= 4 is 0 Å². The van der Waals surface area contributed by atoms with E-state index in [-0.39, 0.29) is 5.60 Å². The lowest BCUT2D eigenvalue weighted by Crippen LogP contribution is -2.31. The Hall–Kier alpha value is -0.840. The van der Waals surface area contributed by atoms with E-state index in [0.717, 1.165) is 25.7 Å². The zero-order chi connectivity index (χ0) is 15.3. The average molecular weight is 285 g/mol. The Morgan fingerprint density at radius 3 is 2.50 bits per heavy atom. The molecule has 0 aromatic heterocycles. The predicted octanol–water partition coefficient (Wildman–Crippen LogP) is 3.90. The minimum Gasteiger partial charge on any atom is -0.502 e. The molecule has 0 saturated carbocycles. The van der Waals surface area contributed by atoms with Crippen molar-refractivity contribution in [2.75, 3.05) is 27.0 Å². The number of hydrogen-bond donors (Lipinski definition) is 0. The van der Waals surface area contributed by atoms with Crippen LogP contribution in [0.2, 0.25) is 0 Å². The van der Waals surface area contributed by atoms with Crippen molar-refractivity contribution in [1.82, 2.24) is 5.06 Å². The van der Waals surface area contributed by atoms with E-state index < -0.39 is 0 Å². The van der Waals surface area contributed by atoms with Gasteiger partial charge in [0.1, 0.15) is 6.73 Å². The van der Waals surface area contributed by atoms with Crippen molar-refractivity contribution in [3.63, 3.8) is 0 Å². The molecular formula is C16H31NO3. The minimum absolute atomic E-state index is 0.166. The second kappa shape index (κ2) is 11.9. The van der Waals surface area contributed by atoms with Crippen molar-refractivity contribution in [3.05, 3.63) is 25.0 Å². The zero-order valence-electron chi connectivity index (χ0n) is 13.6. The van der Waals surface area contributed by atoms with Gasteiger partial charge in [0.2, 0.25) is 0 Å². The third-order valence-electron chi connectivity index (χ3n) is 2.73. The minimum atomic E-state index is -0.166. The van der Waals surface area contributed by atoms with Crippen LogP contribution in [0.5, 0.6) is 0 Å². The van der Waals surface area contributed by atoms with E-state index >= 15 is 0 Å². The van der Waals surface area contributed by atoms with Gasteiger partial charge < -0.3 is 9.47 Å². The molecule has 0 aromatic carbocycles. The molecule has 0 amide bonds. The normalized spacial score (nSPS) is 12.2. The van der Waals surface area contributed by atoms with Crippen molar-refractivity contribution < 1.29 is 14.3 Å². The number of unbranched alkanes of at least 4 members (excludes halogenated alkanes) is 1. The Morgan fingerprint density at radius 2 is 1.85 bits per heavy atom. The third-order valence-corrected chi connectivity index (χ3v) is 2.73. The van der Waals surface area contributed by atoms with E-state index in [4.69, 9.17) is 14.3 Å². The molecule has 4 heteroatoms. The van der Waals surface area contributed by atoms with Gasteiger partial charge in [0.05, 0.1) is 25.1 Å². The SMILES string of the molecule is C=COCCCCON(C)COC(C)(C)C/C=C\CC. The highest BCUT2D eigenvalue weighted by Gasteiger charge is 2.17. The van der Waals surface area contributed by atoms with Crippen LogP contribution in [0.3, 0.4) is 0 Å². The fourth-order valence-corrected chi connectivity index (χ4v) is 1.49. The molecule has 0 spiro atoms. The molecule has 20 heavy (non-hydrogen) atoms. The summed E-state index contributed by atoms with van der Waals surface area (Å²) in [5.74, 6) is 0. The Balaban J connectivity index is 3.62. The molecule has 0 N–H and O–H groups in total. The second-order valence-corrected chi connectivity index (χ2v) is 5.32. The fourth-order valence-electron chi connectivity index (χ4n) is 1.49. The average Bonchev–Trinajstić information content (AvgIpc) is 2.41. The van der Waals surface area contributed by atoms with E-state index in [9.17, 15) is 0 Å². The van der Waals surface area contributed by atoms with E-state index in [1.807, 2.05) is 7.05 Å². The van der Waals surface area contributed by atoms with E-state index in [0.29, 0.717) is 19.9 Å². The number of rotatable bonds is 13. The summed E-state index contributed by atoms with van der Waals surface area (Å²) in [6.07, 6.45) is 9.70. The summed E-state index contributed by atoms with van der Waals surface area (Å²) in [4.78, 5) is 5.55. The van der Waals surface area contributed by atoms with Gasteiger partial charge >= 0.3 is 0 Å². The number of hydroxylamine groups is 2. The first-order valence-electron chi connectivity index (χ1n) is 7.37. The summed E-state index contributed by atoms with van der Waals surface area (Å²) < 4.78 is 10.9. The maximum absolute atomic E-state index is 5.85. The van der Waals surface area contributed by atoms with Gasteiger partial charge in [0.25, 0.3) is 0 Å². The smallest absolute Gasteiger partial charge is 0.122 e. The molecule has 0 aliphatic heterocycles. The van der Waals surface area contributed by atoms with Crippen LogP contribution >= 0.6 is 0 Å². The van der Waals surface area contributed by atoms with Crippen LogP contribution in [0, 0.1) is 0 Å². The van der Waals surface area contributed by atoms with Crippen LogP contribution in [-0.2, 0) is 14.3 Å². The van der Waals surface area contributed by atoms with Crippen molar-refractivity contribution in [2.45, 2.75) is 52.1 Å². The molecule has 0 aliphatic carbocycles. The van der Waals surface area contributed by atoms with Gasteiger partial charge in [-0.2, -0.15) is 5.06 Å². The lowest BCUT2D eigenvalue weighted by molar-refractivity contribution is -0.215. The largest absolute Gasteiger partial charge is 0.502 e. The van der Waals surface area contributed by atoms with Gasteiger partial charge in [-0.3, -0.25) is 4.84 Å². The van der Waals surface area contributed by atoms with Gasteiger partial charge in [-0.1, -0.05) is 25.7 Å². The quantitative estimate of drug-likeness (QED) is 0.169. The Bertz CT molecular complexity index is 264. The molecule has 0 bridgehead atoms. The summed E-state index contributed by atoms with van der Waals surface area (Å²) in [6.45, 7) is 11.7. The van der Waals surface area contributed by atoms with Crippen LogP contribution in [0.1, 0.15) is 46.5 Å². The topological polar surface area (TPSA) is 30.9 Å². The predicted molar refractivity (Wildman–Crippen MR) is 83.2 cm³/mol. The van der Waals surface area contributed by atoms with Crippen LogP contribution in [-0.4, -0.2) is 37.7 Å². The van der Waals surface area contributed by atoms with Crippen LogP contribution in [0.15, 0.2) is 25.0 Å². The number of ether oxygens (including phenoxy) is 2. The van der Waals surface area contributed by atoms with E-state index in [2.05, 4.69) is 39.5 Å². The molecule has 0 rings (SSSR count). The first kappa shape index (κ1) is 19.2. The fraction of sp³-hybridized carbons (Fsp3) is 0.750. The van der Waals surface area contributed by atoms with Crippen LogP contribution in [0.25, 0.3) is 0 Å². The highest BCUT2D eigenvalue weighted by atomic mass is 16.7. The Morgan fingerprint density at radius 1 is 1.15 bits per heavy atom. The Kier molecular flexibility index (Phi) is 11.4. The highest BCUT2D eigenvalue weighted by Crippen LogP contribution is 2.15. The van der Waals surface area contributed by atoms with Gasteiger partial charge in [0, 0.05) is 7.05 Å². The maximum atomic E-state index is 5.85. The van der Waals surface area contributed by atoms with Gasteiger partial charge in [0.15, 0.2) is 0 Å². The van der Waals surface area contributed by atoms with Crippen molar-refractivity contribution in [1.29, 1.82) is 0 Å². The van der Waals surface area contributed by atoms with Gasteiger partial charge in [-0.05, 0) is 39.5 Å². The third kappa shape index (κ3) is 12.2. The van der Waals surface area contributed by atoms with Gasteiger partial charge in [-0.15, -0.1) is 0 Å². The summed E-state index contributed by atoms with van der Waals surface area (Å²) in [7, 11) is 1.89. The standard InChI is InChI=1S/C16H31NO3/c1-6-8-9-12-16(3,4)19-15-17(5)20-14-11-10-13-18-7-2/h7-9H,2,6,10-15H2,1,3-5H3/b9-8-. The maximum Gasteiger partial charge on any atom is 0.122 e. The molecule has 0 aliphatic rings. The molecule has 0 heterocycles. The molecule has 118 valence electrons. The van der Waals surface area contributed by atoms with Crippen molar-refractivity contribution in [3.8, 4) is 0 Å². The molecule has 0 radical (unpaired) electrons. The molecule has 0 unspecified atom stereocenters. The number of nitrogens with zero attached hydrogens (tertiary/aromatic N) is 1. The lowest BCUT2D eigenvalue weighted by atomic mass is 10.1. The molecular weight excluding hydrogens is 254 g/mol. The molecule has 0 atom stereocenters. The summed E-state index contributed by atoms with van der Waals surface area (Å²) in [6, 6.07) is 0. The van der Waals surface area contributed by atoms with Gasteiger partial charge in [-0.25, -0.2) is 0 Å². The molecule has 0 aromatic rings. The number of hydrogen-bond acceptors (Lipinski definition) is 4. The number of allylic oxidation sites excluding steroid dienone is 1. The monoisotopic (exact) mass is 285 g/mol. The first-order valence-corrected chi connectivity index (χ1v) is 7.37. The van der Waals surface area contributed by atoms with Crippen LogP contribution < -0.4 is 0 Å². The van der Waals surface area contributed by atoms with E-state index in [1.54, 1.807) is 5.06 Å². The van der Waals surface area contributed by atoms with Crippen LogP contribution in [0.4, 0.5) is 0 Å². The lowest BCUT2D eigenvalue weighted by Gasteiger charge is -2.27. The Labute approximate surface area is 124 Å². The van der Waals surface area contributed by atoms with E-state index in [1.165, 1.54) is 6.26 Å². The highest BCUT2D eigenvalue weighted by molar-refractivity contribution is 4.87. The molecule has 0 saturated heterocycles. The molecule has 0 fully saturated rings. The summed E-state index contributed by atoms with van der Waals surface area (Å²) in [5, 5.41) is 1.74. The molecule has 4 nitrogen and oxygen atoms in total.